The van der Waals surface area contributed by atoms with Gasteiger partial charge in [0.05, 0.1) is 28.7 Å². The molecule has 2 aromatic carbocycles. The van der Waals surface area contributed by atoms with Crippen LogP contribution < -0.4 is 5.32 Å². The molecule has 0 aliphatic heterocycles. The van der Waals surface area contributed by atoms with Gasteiger partial charge < -0.3 is 5.32 Å². The highest BCUT2D eigenvalue weighted by atomic mass is 19.2. The minimum Gasteiger partial charge on any atom is -0.345 e. The van der Waals surface area contributed by atoms with Crippen LogP contribution in [0.25, 0.3) is 5.69 Å². The predicted octanol–water partition coefficient (Wildman–Crippen LogP) is 4.40. The Kier molecular flexibility index (Phi) is 5.03. The van der Waals surface area contributed by atoms with Crippen molar-refractivity contribution in [2.45, 2.75) is 26.8 Å². The van der Waals surface area contributed by atoms with Crippen molar-refractivity contribution in [3.63, 3.8) is 0 Å². The summed E-state index contributed by atoms with van der Waals surface area (Å²) in [5.74, 6) is -2.65. The van der Waals surface area contributed by atoms with Gasteiger partial charge in [-0.05, 0) is 62.7 Å². The molecule has 3 aromatic rings. The number of carbonyl (C=O) groups is 1. The number of halogens is 3. The Morgan fingerprint density at radius 3 is 2.33 bits per heavy atom. The summed E-state index contributed by atoms with van der Waals surface area (Å²) < 4.78 is 41.2. The van der Waals surface area contributed by atoms with Crippen LogP contribution in [-0.4, -0.2) is 15.7 Å². The SMILES string of the molecule is Cc1nn(-c2ccc(F)cc2)c(C)c1C(=O)N[C@H](C)c1ccc(F)c(F)c1. The second-order valence-corrected chi connectivity index (χ2v) is 6.30. The summed E-state index contributed by atoms with van der Waals surface area (Å²) in [5.41, 5.74) is 2.56. The monoisotopic (exact) mass is 373 g/mol. The summed E-state index contributed by atoms with van der Waals surface area (Å²) in [6.45, 7) is 5.12. The first kappa shape index (κ1) is 18.7. The van der Waals surface area contributed by atoms with E-state index in [1.807, 2.05) is 0 Å². The lowest BCUT2D eigenvalue weighted by molar-refractivity contribution is 0.0938. The summed E-state index contributed by atoms with van der Waals surface area (Å²) in [5, 5.41) is 7.13. The van der Waals surface area contributed by atoms with Gasteiger partial charge in [-0.3, -0.25) is 4.79 Å². The van der Waals surface area contributed by atoms with Gasteiger partial charge in [0.25, 0.3) is 5.91 Å². The molecule has 0 aliphatic carbocycles. The van der Waals surface area contributed by atoms with Crippen LogP contribution in [-0.2, 0) is 0 Å². The van der Waals surface area contributed by atoms with Crippen LogP contribution in [0.2, 0.25) is 0 Å². The average Bonchev–Trinajstić information content (AvgIpc) is 2.92. The van der Waals surface area contributed by atoms with E-state index in [4.69, 9.17) is 0 Å². The molecule has 1 heterocycles. The van der Waals surface area contributed by atoms with E-state index in [1.165, 1.54) is 18.2 Å². The number of hydrogen-bond donors (Lipinski definition) is 1. The Hall–Kier alpha value is -3.09. The smallest absolute Gasteiger partial charge is 0.255 e. The molecule has 1 amide bonds. The van der Waals surface area contributed by atoms with E-state index < -0.39 is 17.7 Å². The molecule has 0 saturated heterocycles. The van der Waals surface area contributed by atoms with Gasteiger partial charge in [-0.1, -0.05) is 6.07 Å². The van der Waals surface area contributed by atoms with Gasteiger partial charge in [0.2, 0.25) is 0 Å². The third-order valence-electron chi connectivity index (χ3n) is 4.38. The van der Waals surface area contributed by atoms with E-state index in [1.54, 1.807) is 37.6 Å². The quantitative estimate of drug-likeness (QED) is 0.737. The van der Waals surface area contributed by atoms with Crippen molar-refractivity contribution in [1.82, 2.24) is 15.1 Å². The molecule has 1 atom stereocenters. The first-order valence-corrected chi connectivity index (χ1v) is 8.36. The van der Waals surface area contributed by atoms with Crippen LogP contribution in [0.3, 0.4) is 0 Å². The number of carbonyl (C=O) groups excluding carboxylic acids is 1. The number of nitrogens with one attached hydrogen (secondary N) is 1. The van der Waals surface area contributed by atoms with Crippen LogP contribution in [0.5, 0.6) is 0 Å². The molecule has 0 saturated carbocycles. The topological polar surface area (TPSA) is 46.9 Å². The lowest BCUT2D eigenvalue weighted by atomic mass is 10.1. The third kappa shape index (κ3) is 3.72. The molecule has 0 unspecified atom stereocenters. The third-order valence-corrected chi connectivity index (χ3v) is 4.38. The second-order valence-electron chi connectivity index (χ2n) is 6.30. The van der Waals surface area contributed by atoms with E-state index in [0.717, 1.165) is 12.1 Å². The van der Waals surface area contributed by atoms with E-state index in [-0.39, 0.29) is 11.7 Å². The zero-order chi connectivity index (χ0) is 19.7. The summed E-state index contributed by atoms with van der Waals surface area (Å²) in [4.78, 5) is 12.7. The minimum absolute atomic E-state index is 0.362. The van der Waals surface area contributed by atoms with Gasteiger partial charge >= 0.3 is 0 Å². The molecule has 7 heteroatoms. The molecule has 4 nitrogen and oxygen atoms in total. The van der Waals surface area contributed by atoms with Crippen LogP contribution in [0.15, 0.2) is 42.5 Å². The molecule has 0 spiro atoms. The Labute approximate surface area is 154 Å². The number of benzene rings is 2. The Morgan fingerprint density at radius 1 is 1.04 bits per heavy atom. The van der Waals surface area contributed by atoms with Gasteiger partial charge in [0.1, 0.15) is 5.82 Å². The summed E-state index contributed by atoms with van der Waals surface area (Å²) >= 11 is 0. The van der Waals surface area contributed by atoms with E-state index in [0.29, 0.717) is 28.2 Å². The van der Waals surface area contributed by atoms with E-state index in [2.05, 4.69) is 10.4 Å². The highest BCUT2D eigenvalue weighted by molar-refractivity contribution is 5.96. The standard InChI is InChI=1S/C20H18F3N3O/c1-11(14-4-9-17(22)18(23)10-14)24-20(27)19-12(2)25-26(13(19)3)16-7-5-15(21)6-8-16/h4-11H,1-3H3,(H,24,27)/t11-/m1/s1. The molecule has 140 valence electrons. The molecular formula is C20H18F3N3O. The van der Waals surface area contributed by atoms with Crippen molar-refractivity contribution in [1.29, 1.82) is 0 Å². The molecule has 0 fully saturated rings. The maximum atomic E-state index is 13.4. The summed E-state index contributed by atoms with van der Waals surface area (Å²) in [6, 6.07) is 8.75. The molecule has 1 aromatic heterocycles. The maximum absolute atomic E-state index is 13.4. The average molecular weight is 373 g/mol. The normalized spacial score (nSPS) is 12.1. The van der Waals surface area contributed by atoms with Crippen molar-refractivity contribution >= 4 is 5.91 Å². The predicted molar refractivity (Wildman–Crippen MR) is 95.2 cm³/mol. The molecule has 27 heavy (non-hydrogen) atoms. The molecule has 0 radical (unpaired) electrons. The lowest BCUT2D eigenvalue weighted by Gasteiger charge is -2.15. The summed E-state index contributed by atoms with van der Waals surface area (Å²) in [6.07, 6.45) is 0. The maximum Gasteiger partial charge on any atom is 0.255 e. The second kappa shape index (κ2) is 7.26. The van der Waals surface area contributed by atoms with Crippen LogP contribution in [0, 0.1) is 31.3 Å². The van der Waals surface area contributed by atoms with Gasteiger partial charge in [0.15, 0.2) is 11.6 Å². The molecule has 3 rings (SSSR count). The summed E-state index contributed by atoms with van der Waals surface area (Å²) in [7, 11) is 0. The molecule has 1 N–H and O–H groups in total. The number of rotatable bonds is 4. The Bertz CT molecular complexity index is 996. The zero-order valence-corrected chi connectivity index (χ0v) is 15.1. The number of nitrogens with zero attached hydrogens (tertiary/aromatic N) is 2. The largest absolute Gasteiger partial charge is 0.345 e. The number of aromatic nitrogens is 2. The zero-order valence-electron chi connectivity index (χ0n) is 15.1. The fourth-order valence-corrected chi connectivity index (χ4v) is 2.94. The van der Waals surface area contributed by atoms with Crippen molar-refractivity contribution in [3.05, 3.63) is 82.4 Å². The Balaban J connectivity index is 1.86. The van der Waals surface area contributed by atoms with Crippen molar-refractivity contribution in [2.24, 2.45) is 0 Å². The van der Waals surface area contributed by atoms with Crippen LogP contribution >= 0.6 is 0 Å². The number of aryl methyl sites for hydroxylation is 1. The highest BCUT2D eigenvalue weighted by Gasteiger charge is 2.21. The van der Waals surface area contributed by atoms with Crippen molar-refractivity contribution in [3.8, 4) is 5.69 Å². The van der Waals surface area contributed by atoms with Crippen molar-refractivity contribution < 1.29 is 18.0 Å². The van der Waals surface area contributed by atoms with Gasteiger partial charge in [-0.2, -0.15) is 5.10 Å². The number of amides is 1. The fraction of sp³-hybridized carbons (Fsp3) is 0.200. The first-order chi connectivity index (χ1) is 12.8. The van der Waals surface area contributed by atoms with Gasteiger partial charge in [-0.25, -0.2) is 17.9 Å². The molecular weight excluding hydrogens is 355 g/mol. The van der Waals surface area contributed by atoms with E-state index >= 15 is 0 Å². The first-order valence-electron chi connectivity index (χ1n) is 8.36. The van der Waals surface area contributed by atoms with E-state index in [9.17, 15) is 18.0 Å². The van der Waals surface area contributed by atoms with Crippen molar-refractivity contribution in [2.75, 3.05) is 0 Å². The molecule has 0 bridgehead atoms. The highest BCUT2D eigenvalue weighted by Crippen LogP contribution is 2.21. The number of hydrogen-bond acceptors (Lipinski definition) is 2. The van der Waals surface area contributed by atoms with Crippen LogP contribution in [0.1, 0.15) is 40.3 Å². The van der Waals surface area contributed by atoms with Gasteiger partial charge in [-0.15, -0.1) is 0 Å². The Morgan fingerprint density at radius 2 is 1.70 bits per heavy atom. The molecule has 0 aliphatic rings. The fourth-order valence-electron chi connectivity index (χ4n) is 2.94. The van der Waals surface area contributed by atoms with Gasteiger partial charge in [0, 0.05) is 0 Å². The minimum atomic E-state index is -0.968. The lowest BCUT2D eigenvalue weighted by Crippen LogP contribution is -2.27. The van der Waals surface area contributed by atoms with Crippen LogP contribution in [0.4, 0.5) is 13.2 Å².